The van der Waals surface area contributed by atoms with Gasteiger partial charge in [-0.2, -0.15) is 13.2 Å². The van der Waals surface area contributed by atoms with Crippen molar-refractivity contribution in [1.29, 1.82) is 0 Å². The van der Waals surface area contributed by atoms with E-state index in [1.54, 1.807) is 6.07 Å². The van der Waals surface area contributed by atoms with Gasteiger partial charge in [0.15, 0.2) is 0 Å². The molecular formula is C20H22F3NO. The van der Waals surface area contributed by atoms with Crippen molar-refractivity contribution in [2.75, 3.05) is 6.54 Å². The van der Waals surface area contributed by atoms with Crippen molar-refractivity contribution >= 4 is 0 Å². The Kier molecular flexibility index (Phi) is 5.45. The molecule has 1 unspecified atom stereocenters. The summed E-state index contributed by atoms with van der Waals surface area (Å²) in [6.07, 6.45) is -2.94. The summed E-state index contributed by atoms with van der Waals surface area (Å²) in [5.74, 6) is 0. The van der Waals surface area contributed by atoms with Crippen LogP contribution in [-0.4, -0.2) is 12.6 Å². The molecule has 5 heteroatoms. The zero-order chi connectivity index (χ0) is 17.9. The quantitative estimate of drug-likeness (QED) is 0.811. The first-order chi connectivity index (χ1) is 11.9. The average molecular weight is 349 g/mol. The molecule has 0 aromatic heterocycles. The third-order valence-electron chi connectivity index (χ3n) is 4.62. The molecule has 0 aliphatic carbocycles. The van der Waals surface area contributed by atoms with E-state index in [0.29, 0.717) is 5.56 Å². The molecule has 0 spiro atoms. The molecule has 25 heavy (non-hydrogen) atoms. The topological polar surface area (TPSA) is 21.3 Å². The number of halogens is 3. The van der Waals surface area contributed by atoms with E-state index in [1.165, 1.54) is 12.1 Å². The van der Waals surface area contributed by atoms with Gasteiger partial charge in [0.2, 0.25) is 0 Å². The van der Waals surface area contributed by atoms with Gasteiger partial charge in [0.25, 0.3) is 0 Å². The van der Waals surface area contributed by atoms with Crippen LogP contribution in [0.25, 0.3) is 0 Å². The fraction of sp³-hybridized carbons (Fsp3) is 0.400. The molecule has 0 radical (unpaired) electrons. The fourth-order valence-electron chi connectivity index (χ4n) is 3.31. The lowest BCUT2D eigenvalue weighted by Crippen LogP contribution is -2.39. The summed E-state index contributed by atoms with van der Waals surface area (Å²) in [5, 5.41) is 3.47. The Bertz CT molecular complexity index is 687. The van der Waals surface area contributed by atoms with E-state index in [9.17, 15) is 13.2 Å². The van der Waals surface area contributed by atoms with Gasteiger partial charge in [-0.15, -0.1) is 0 Å². The third-order valence-corrected chi connectivity index (χ3v) is 4.62. The Morgan fingerprint density at radius 1 is 1.08 bits per heavy atom. The Balaban J connectivity index is 1.76. The smallest absolute Gasteiger partial charge is 0.369 e. The summed E-state index contributed by atoms with van der Waals surface area (Å²) in [7, 11) is 0. The van der Waals surface area contributed by atoms with Gasteiger partial charge in [-0.25, -0.2) is 0 Å². The van der Waals surface area contributed by atoms with Crippen LogP contribution < -0.4 is 5.32 Å². The molecule has 0 bridgehead atoms. The van der Waals surface area contributed by atoms with Crippen LogP contribution in [0.15, 0.2) is 54.6 Å². The van der Waals surface area contributed by atoms with Gasteiger partial charge >= 0.3 is 6.18 Å². The molecule has 0 saturated carbocycles. The van der Waals surface area contributed by atoms with E-state index < -0.39 is 17.8 Å². The van der Waals surface area contributed by atoms with Crippen LogP contribution in [0, 0.1) is 0 Å². The number of ether oxygens (including phenoxy) is 1. The number of alkyl halides is 3. The molecule has 1 saturated heterocycles. The van der Waals surface area contributed by atoms with E-state index in [0.717, 1.165) is 31.0 Å². The highest BCUT2D eigenvalue weighted by Gasteiger charge is 2.32. The lowest BCUT2D eigenvalue weighted by molar-refractivity contribution is -0.137. The number of hydrogen-bond acceptors (Lipinski definition) is 2. The van der Waals surface area contributed by atoms with Gasteiger partial charge in [0, 0.05) is 0 Å². The summed E-state index contributed by atoms with van der Waals surface area (Å²) >= 11 is 0. The van der Waals surface area contributed by atoms with Crippen molar-refractivity contribution in [3.05, 3.63) is 71.3 Å². The zero-order valence-electron chi connectivity index (χ0n) is 14.1. The van der Waals surface area contributed by atoms with Crippen LogP contribution in [0.3, 0.4) is 0 Å². The number of piperidine rings is 1. The first kappa shape index (κ1) is 18.0. The van der Waals surface area contributed by atoms with Gasteiger partial charge in [-0.05, 0) is 49.6 Å². The van der Waals surface area contributed by atoms with Crippen molar-refractivity contribution in [2.24, 2.45) is 0 Å². The van der Waals surface area contributed by atoms with Crippen LogP contribution in [-0.2, 0) is 10.9 Å². The average Bonchev–Trinajstić information content (AvgIpc) is 2.62. The molecule has 1 aliphatic rings. The summed E-state index contributed by atoms with van der Waals surface area (Å²) < 4.78 is 44.9. The molecule has 2 nitrogen and oxygen atoms in total. The highest BCUT2D eigenvalue weighted by atomic mass is 19.4. The maximum Gasteiger partial charge on any atom is 0.416 e. The van der Waals surface area contributed by atoms with E-state index in [2.05, 4.69) is 5.32 Å². The molecule has 2 aromatic carbocycles. The van der Waals surface area contributed by atoms with Crippen molar-refractivity contribution in [3.63, 3.8) is 0 Å². The van der Waals surface area contributed by atoms with Gasteiger partial charge in [0.1, 0.15) is 0 Å². The van der Waals surface area contributed by atoms with Gasteiger partial charge in [-0.1, -0.05) is 42.5 Å². The maximum absolute atomic E-state index is 12.9. The van der Waals surface area contributed by atoms with E-state index in [-0.39, 0.29) is 12.1 Å². The summed E-state index contributed by atoms with van der Waals surface area (Å²) in [5.41, 5.74) is 1.05. The van der Waals surface area contributed by atoms with Crippen LogP contribution in [0.5, 0.6) is 0 Å². The minimum Gasteiger partial charge on any atom is -0.369 e. The normalized spacial score (nSPS) is 22.6. The first-order valence-electron chi connectivity index (χ1n) is 8.56. The Morgan fingerprint density at radius 3 is 2.56 bits per heavy atom. The molecule has 1 N–H and O–H groups in total. The number of nitrogens with one attached hydrogen (secondary N) is 1. The molecule has 3 rings (SSSR count). The van der Waals surface area contributed by atoms with Crippen molar-refractivity contribution in [3.8, 4) is 0 Å². The zero-order valence-corrected chi connectivity index (χ0v) is 14.1. The number of hydrogen-bond donors (Lipinski definition) is 1. The fourth-order valence-corrected chi connectivity index (χ4v) is 3.31. The number of rotatable bonds is 4. The molecule has 0 amide bonds. The van der Waals surface area contributed by atoms with Gasteiger partial charge in [0.05, 0.1) is 23.8 Å². The van der Waals surface area contributed by atoms with E-state index in [4.69, 9.17) is 4.74 Å². The SMILES string of the molecule is CC(O[C@H]1CCCN[C@H]1c1ccccc1)c1cccc(C(F)(F)F)c1. The van der Waals surface area contributed by atoms with Gasteiger partial charge < -0.3 is 10.1 Å². The molecule has 1 fully saturated rings. The second-order valence-corrected chi connectivity index (χ2v) is 6.42. The van der Waals surface area contributed by atoms with Crippen molar-refractivity contribution in [2.45, 2.75) is 44.2 Å². The van der Waals surface area contributed by atoms with Crippen molar-refractivity contribution < 1.29 is 17.9 Å². The molecule has 1 aliphatic heterocycles. The second kappa shape index (κ2) is 7.58. The summed E-state index contributed by atoms with van der Waals surface area (Å²) in [6, 6.07) is 15.5. The summed E-state index contributed by atoms with van der Waals surface area (Å²) in [6.45, 7) is 2.73. The number of benzene rings is 2. The van der Waals surface area contributed by atoms with E-state index >= 15 is 0 Å². The molecule has 134 valence electrons. The lowest BCUT2D eigenvalue weighted by Gasteiger charge is -2.35. The van der Waals surface area contributed by atoms with Crippen LogP contribution in [0.4, 0.5) is 13.2 Å². The monoisotopic (exact) mass is 349 g/mol. The predicted molar refractivity (Wildman–Crippen MR) is 91.2 cm³/mol. The summed E-state index contributed by atoms with van der Waals surface area (Å²) in [4.78, 5) is 0. The largest absolute Gasteiger partial charge is 0.416 e. The molecular weight excluding hydrogens is 327 g/mol. The standard InChI is InChI=1S/C20H22F3NO/c1-14(16-9-5-10-17(13-16)20(21,22)23)25-18-11-6-12-24-19(18)15-7-3-2-4-8-15/h2-5,7-10,13-14,18-19,24H,6,11-12H2,1H3/t14?,18-,19-/m0/s1. The minimum absolute atomic E-state index is 0.0585. The van der Waals surface area contributed by atoms with Gasteiger partial charge in [-0.3, -0.25) is 0 Å². The maximum atomic E-state index is 12.9. The highest BCUT2D eigenvalue weighted by molar-refractivity contribution is 5.27. The minimum atomic E-state index is -4.34. The second-order valence-electron chi connectivity index (χ2n) is 6.42. The molecule has 2 aromatic rings. The first-order valence-corrected chi connectivity index (χ1v) is 8.56. The Hall–Kier alpha value is -1.85. The van der Waals surface area contributed by atoms with Crippen LogP contribution >= 0.6 is 0 Å². The van der Waals surface area contributed by atoms with Crippen LogP contribution in [0.2, 0.25) is 0 Å². The van der Waals surface area contributed by atoms with E-state index in [1.807, 2.05) is 37.3 Å². The van der Waals surface area contributed by atoms with Crippen LogP contribution in [0.1, 0.15) is 48.6 Å². The molecule has 1 heterocycles. The molecule has 3 atom stereocenters. The predicted octanol–water partition coefficient (Wildman–Crippen LogP) is 5.28. The lowest BCUT2D eigenvalue weighted by atomic mass is 9.94. The Labute approximate surface area is 146 Å². The third kappa shape index (κ3) is 4.41. The highest BCUT2D eigenvalue weighted by Crippen LogP contribution is 2.34. The van der Waals surface area contributed by atoms with Crippen molar-refractivity contribution in [1.82, 2.24) is 5.32 Å². The Morgan fingerprint density at radius 2 is 1.84 bits per heavy atom.